The summed E-state index contributed by atoms with van der Waals surface area (Å²) in [5.74, 6) is -0.546. The summed E-state index contributed by atoms with van der Waals surface area (Å²) in [5, 5.41) is 12.4. The van der Waals surface area contributed by atoms with Crippen molar-refractivity contribution in [2.75, 3.05) is 6.61 Å². The van der Waals surface area contributed by atoms with Gasteiger partial charge in [-0.3, -0.25) is 19.1 Å². The van der Waals surface area contributed by atoms with E-state index in [4.69, 9.17) is 15.4 Å². The number of hydrogen-bond acceptors (Lipinski definition) is 6. The van der Waals surface area contributed by atoms with E-state index < -0.39 is 35.6 Å². The van der Waals surface area contributed by atoms with Gasteiger partial charge < -0.3 is 9.84 Å². The van der Waals surface area contributed by atoms with Gasteiger partial charge >= 0.3 is 5.69 Å². The van der Waals surface area contributed by atoms with Crippen LogP contribution < -0.4 is 11.2 Å². The van der Waals surface area contributed by atoms with E-state index in [0.717, 1.165) is 16.8 Å². The van der Waals surface area contributed by atoms with Gasteiger partial charge in [0.15, 0.2) is 17.7 Å². The van der Waals surface area contributed by atoms with Gasteiger partial charge in [-0.2, -0.15) is 0 Å². The van der Waals surface area contributed by atoms with Crippen LogP contribution >= 0.6 is 0 Å². The van der Waals surface area contributed by atoms with E-state index in [0.29, 0.717) is 0 Å². The van der Waals surface area contributed by atoms with E-state index in [1.807, 2.05) is 4.98 Å². The lowest BCUT2D eigenvalue weighted by molar-refractivity contribution is -0.132. The number of ether oxygens (including phenoxy) is 1. The van der Waals surface area contributed by atoms with Crippen LogP contribution in [-0.2, 0) is 9.53 Å². The standard InChI is InChI=1S/C9H9N5O5/c10-13-12-9(4-15)3-5(16)7(19-9)14-2-1-6(17)11-8(14)18/h1-2,7,15H,3-4H2,(H,11,17,18)/t7-,9+/m1/s1. The van der Waals surface area contributed by atoms with Crippen LogP contribution in [0.25, 0.3) is 10.4 Å². The van der Waals surface area contributed by atoms with Gasteiger partial charge in [-0.1, -0.05) is 5.11 Å². The number of rotatable bonds is 3. The maximum absolute atomic E-state index is 11.8. The van der Waals surface area contributed by atoms with Gasteiger partial charge in [0.1, 0.15) is 0 Å². The average Bonchev–Trinajstić information content (AvgIpc) is 2.68. The average molecular weight is 267 g/mol. The van der Waals surface area contributed by atoms with Gasteiger partial charge in [-0.25, -0.2) is 4.79 Å². The smallest absolute Gasteiger partial charge is 0.330 e. The van der Waals surface area contributed by atoms with Gasteiger partial charge in [-0.15, -0.1) is 0 Å². The first-order valence-corrected chi connectivity index (χ1v) is 5.20. The van der Waals surface area contributed by atoms with Crippen LogP contribution in [0.3, 0.4) is 0 Å². The summed E-state index contributed by atoms with van der Waals surface area (Å²) in [4.78, 5) is 38.7. The van der Waals surface area contributed by atoms with E-state index in [1.54, 1.807) is 0 Å². The monoisotopic (exact) mass is 267 g/mol. The molecule has 1 saturated heterocycles. The van der Waals surface area contributed by atoms with E-state index in [9.17, 15) is 14.4 Å². The van der Waals surface area contributed by atoms with E-state index in [1.165, 1.54) is 0 Å². The molecule has 2 N–H and O–H groups in total. The molecule has 0 amide bonds. The largest absolute Gasteiger partial charge is 0.393 e. The summed E-state index contributed by atoms with van der Waals surface area (Å²) >= 11 is 0. The number of azide groups is 1. The van der Waals surface area contributed by atoms with Crippen molar-refractivity contribution >= 4 is 5.78 Å². The maximum atomic E-state index is 11.8. The van der Waals surface area contributed by atoms with Crippen LogP contribution in [0.4, 0.5) is 0 Å². The maximum Gasteiger partial charge on any atom is 0.330 e. The number of Topliss-reactive ketones (excluding diaryl/α,β-unsaturated/α-hetero) is 1. The Kier molecular flexibility index (Phi) is 3.21. The van der Waals surface area contributed by atoms with Crippen molar-refractivity contribution in [3.05, 3.63) is 43.5 Å². The summed E-state index contributed by atoms with van der Waals surface area (Å²) in [6, 6.07) is 1.05. The van der Waals surface area contributed by atoms with Crippen LogP contribution in [0.1, 0.15) is 12.6 Å². The molecule has 0 aliphatic carbocycles. The molecule has 2 atom stereocenters. The highest BCUT2D eigenvalue weighted by Crippen LogP contribution is 2.33. The molecule has 1 fully saturated rings. The van der Waals surface area contributed by atoms with Crippen molar-refractivity contribution < 1.29 is 14.6 Å². The van der Waals surface area contributed by atoms with Gasteiger partial charge in [-0.05, 0) is 5.53 Å². The number of ketones is 1. The Morgan fingerprint density at radius 2 is 2.37 bits per heavy atom. The number of carbonyl (C=O) groups excluding carboxylic acids is 1. The van der Waals surface area contributed by atoms with Crippen molar-refractivity contribution in [1.82, 2.24) is 9.55 Å². The van der Waals surface area contributed by atoms with Crippen LogP contribution in [0.2, 0.25) is 0 Å². The third kappa shape index (κ3) is 2.27. The van der Waals surface area contributed by atoms with Crippen LogP contribution in [0, 0.1) is 0 Å². The Labute approximate surface area is 104 Å². The molecule has 19 heavy (non-hydrogen) atoms. The fourth-order valence-corrected chi connectivity index (χ4v) is 1.76. The minimum Gasteiger partial charge on any atom is -0.393 e. The molecule has 2 heterocycles. The third-order valence-electron chi connectivity index (χ3n) is 2.63. The molecule has 0 bridgehead atoms. The predicted molar refractivity (Wildman–Crippen MR) is 60.0 cm³/mol. The van der Waals surface area contributed by atoms with Crippen molar-refractivity contribution in [3.8, 4) is 0 Å². The highest BCUT2D eigenvalue weighted by atomic mass is 16.6. The topological polar surface area (TPSA) is 150 Å². The predicted octanol–water partition coefficient (Wildman–Crippen LogP) is -0.977. The summed E-state index contributed by atoms with van der Waals surface area (Å²) in [6.45, 7) is -0.697. The molecule has 0 aromatic carbocycles. The molecule has 0 saturated carbocycles. The molecule has 1 aliphatic heterocycles. The lowest BCUT2D eigenvalue weighted by atomic mass is 10.1. The number of aliphatic hydroxyl groups excluding tert-OH is 1. The lowest BCUT2D eigenvalue weighted by Crippen LogP contribution is -2.35. The number of hydrogen-bond donors (Lipinski definition) is 2. The van der Waals surface area contributed by atoms with Gasteiger partial charge in [0, 0.05) is 23.6 Å². The van der Waals surface area contributed by atoms with Crippen LogP contribution in [0.15, 0.2) is 27.0 Å². The molecule has 1 aromatic heterocycles. The fraction of sp³-hybridized carbons (Fsp3) is 0.444. The number of aliphatic hydroxyl groups is 1. The normalized spacial score (nSPS) is 26.2. The minimum absolute atomic E-state index is 0.357. The SMILES string of the molecule is [N-]=[N+]=N[C@@]1(CO)CC(=O)[C@H](n2ccc(=O)[nH]c2=O)O1. The molecule has 0 radical (unpaired) electrons. The Balaban J connectivity index is 2.42. The fourth-order valence-electron chi connectivity index (χ4n) is 1.76. The molecule has 0 spiro atoms. The first-order chi connectivity index (χ1) is 9.01. The van der Waals surface area contributed by atoms with Crippen molar-refractivity contribution in [3.63, 3.8) is 0 Å². The molecular formula is C9H9N5O5. The summed E-state index contributed by atoms with van der Waals surface area (Å²) in [6.07, 6.45) is -0.612. The zero-order chi connectivity index (χ0) is 14.0. The molecule has 10 heteroatoms. The second-order valence-corrected chi connectivity index (χ2v) is 3.92. The first kappa shape index (κ1) is 13.0. The Morgan fingerprint density at radius 1 is 1.63 bits per heavy atom. The van der Waals surface area contributed by atoms with Gasteiger partial charge in [0.2, 0.25) is 0 Å². The molecule has 1 aliphatic rings. The molecule has 10 nitrogen and oxygen atoms in total. The highest BCUT2D eigenvalue weighted by Gasteiger charge is 2.46. The number of nitrogens with zero attached hydrogens (tertiary/aromatic N) is 4. The molecular weight excluding hydrogens is 258 g/mol. The number of nitrogens with one attached hydrogen (secondary N) is 1. The molecule has 2 rings (SSSR count). The number of H-pyrrole nitrogens is 1. The van der Waals surface area contributed by atoms with Crippen molar-refractivity contribution in [2.24, 2.45) is 5.11 Å². The summed E-state index contributed by atoms with van der Waals surface area (Å²) in [7, 11) is 0. The third-order valence-corrected chi connectivity index (χ3v) is 2.63. The quantitative estimate of drug-likeness (QED) is 0.410. The number of aromatic nitrogens is 2. The molecule has 1 aromatic rings. The number of aromatic amines is 1. The first-order valence-electron chi connectivity index (χ1n) is 5.20. The highest BCUT2D eigenvalue weighted by molar-refractivity contribution is 5.84. The summed E-state index contributed by atoms with van der Waals surface area (Å²) in [5.41, 5.74) is 5.23. The van der Waals surface area contributed by atoms with Crippen molar-refractivity contribution in [2.45, 2.75) is 18.4 Å². The Bertz CT molecular complexity index is 672. The zero-order valence-corrected chi connectivity index (χ0v) is 9.52. The van der Waals surface area contributed by atoms with E-state index in [-0.39, 0.29) is 6.42 Å². The Morgan fingerprint density at radius 3 is 2.95 bits per heavy atom. The number of carbonyl (C=O) groups is 1. The lowest BCUT2D eigenvalue weighted by Gasteiger charge is -2.20. The summed E-state index contributed by atoms with van der Waals surface area (Å²) < 4.78 is 6.03. The second kappa shape index (κ2) is 4.69. The van der Waals surface area contributed by atoms with Crippen molar-refractivity contribution in [1.29, 1.82) is 0 Å². The molecule has 100 valence electrons. The van der Waals surface area contributed by atoms with Crippen LogP contribution in [-0.4, -0.2) is 32.8 Å². The zero-order valence-electron chi connectivity index (χ0n) is 9.52. The van der Waals surface area contributed by atoms with Gasteiger partial charge in [0.25, 0.3) is 5.56 Å². The van der Waals surface area contributed by atoms with Gasteiger partial charge in [0.05, 0.1) is 6.61 Å². The Hall–Kier alpha value is -2.42. The van der Waals surface area contributed by atoms with Crippen LogP contribution in [0.5, 0.6) is 0 Å². The molecule has 0 unspecified atom stereocenters. The second-order valence-electron chi connectivity index (χ2n) is 3.92. The van der Waals surface area contributed by atoms with E-state index >= 15 is 0 Å². The van der Waals surface area contributed by atoms with E-state index in [2.05, 4.69) is 10.0 Å². The minimum atomic E-state index is -1.72.